The van der Waals surface area contributed by atoms with Gasteiger partial charge in [0, 0.05) is 19.2 Å². The van der Waals surface area contributed by atoms with E-state index in [1.54, 1.807) is 5.01 Å². The molecule has 70 valence electrons. The van der Waals surface area contributed by atoms with Gasteiger partial charge in [-0.3, -0.25) is 0 Å². The van der Waals surface area contributed by atoms with Crippen LogP contribution >= 0.6 is 0 Å². The lowest BCUT2D eigenvalue weighted by molar-refractivity contribution is 0.577. The van der Waals surface area contributed by atoms with Crippen LogP contribution in [0.2, 0.25) is 0 Å². The van der Waals surface area contributed by atoms with Gasteiger partial charge in [-0.15, -0.1) is 0 Å². The Bertz CT molecular complexity index is 308. The van der Waals surface area contributed by atoms with Crippen molar-refractivity contribution in [2.24, 2.45) is 0 Å². The fraction of sp³-hybridized carbons (Fsp3) is 0.333. The Morgan fingerprint density at radius 3 is 2.77 bits per heavy atom. The zero-order chi connectivity index (χ0) is 9.26. The van der Waals surface area contributed by atoms with Gasteiger partial charge < -0.3 is 5.01 Å². The Hall–Kier alpha value is -1.16. The van der Waals surface area contributed by atoms with Gasteiger partial charge in [-0.25, -0.2) is 14.2 Å². The maximum absolute atomic E-state index is 13.2. The largest absolute Gasteiger partial charge is 0.305 e. The number of rotatable bonds is 1. The molecule has 1 fully saturated rings. The van der Waals surface area contributed by atoms with E-state index >= 15 is 0 Å². The minimum Gasteiger partial charge on any atom is -0.305 e. The number of halogens is 2. The van der Waals surface area contributed by atoms with Gasteiger partial charge in [0.2, 0.25) is 0 Å². The van der Waals surface area contributed by atoms with Crippen LogP contribution in [0.4, 0.5) is 14.5 Å². The summed E-state index contributed by atoms with van der Waals surface area (Å²) in [5.74, 6) is -1.06. The van der Waals surface area contributed by atoms with Crippen LogP contribution < -0.4 is 10.4 Å². The Morgan fingerprint density at radius 1 is 1.31 bits per heavy atom. The molecule has 1 heterocycles. The predicted octanol–water partition coefficient (Wildman–Crippen LogP) is 1.68. The summed E-state index contributed by atoms with van der Waals surface area (Å²) in [4.78, 5) is 0. The van der Waals surface area contributed by atoms with E-state index in [2.05, 4.69) is 5.43 Å². The van der Waals surface area contributed by atoms with Gasteiger partial charge in [0.1, 0.15) is 5.82 Å². The number of nitrogens with one attached hydrogen (secondary N) is 1. The molecule has 0 unspecified atom stereocenters. The van der Waals surface area contributed by atoms with Crippen molar-refractivity contribution in [3.63, 3.8) is 0 Å². The van der Waals surface area contributed by atoms with Gasteiger partial charge in [-0.2, -0.15) is 0 Å². The van der Waals surface area contributed by atoms with Gasteiger partial charge in [0.05, 0.1) is 5.69 Å². The maximum Gasteiger partial charge on any atom is 0.150 e. The summed E-state index contributed by atoms with van der Waals surface area (Å²) in [5.41, 5.74) is 3.42. The van der Waals surface area contributed by atoms with Crippen LogP contribution in [0.3, 0.4) is 0 Å². The topological polar surface area (TPSA) is 15.3 Å². The summed E-state index contributed by atoms with van der Waals surface area (Å²) in [6.07, 6.45) is 0.983. The van der Waals surface area contributed by atoms with Crippen molar-refractivity contribution >= 4 is 5.69 Å². The number of hydrazine groups is 1. The van der Waals surface area contributed by atoms with Gasteiger partial charge in [-0.1, -0.05) is 0 Å². The first kappa shape index (κ1) is 8.44. The van der Waals surface area contributed by atoms with Crippen molar-refractivity contribution in [2.75, 3.05) is 18.1 Å². The molecule has 1 N–H and O–H groups in total. The molecule has 0 spiro atoms. The number of nitrogens with zero attached hydrogens (tertiary/aromatic N) is 1. The molecule has 2 rings (SSSR count). The van der Waals surface area contributed by atoms with Crippen LogP contribution in [0.15, 0.2) is 18.2 Å². The Morgan fingerprint density at radius 2 is 2.15 bits per heavy atom. The third-order valence-electron chi connectivity index (χ3n) is 2.06. The number of hydrogen-bond donors (Lipinski definition) is 1. The quantitative estimate of drug-likeness (QED) is 0.714. The Kier molecular flexibility index (Phi) is 2.14. The summed E-state index contributed by atoms with van der Waals surface area (Å²) in [7, 11) is 0. The van der Waals surface area contributed by atoms with Crippen molar-refractivity contribution in [1.29, 1.82) is 0 Å². The van der Waals surface area contributed by atoms with Crippen molar-refractivity contribution in [3.05, 3.63) is 29.8 Å². The first-order valence-electron chi connectivity index (χ1n) is 4.23. The molecule has 1 aromatic carbocycles. The molecular weight excluding hydrogens is 174 g/mol. The average Bonchev–Trinajstić information content (AvgIpc) is 2.56. The van der Waals surface area contributed by atoms with E-state index < -0.39 is 11.6 Å². The van der Waals surface area contributed by atoms with Crippen LogP contribution in [-0.2, 0) is 0 Å². The Labute approximate surface area is 75.1 Å². The molecule has 1 aliphatic heterocycles. The summed E-state index contributed by atoms with van der Waals surface area (Å²) in [6.45, 7) is 1.61. The lowest BCUT2D eigenvalue weighted by Crippen LogP contribution is -2.31. The Balaban J connectivity index is 2.29. The fourth-order valence-corrected chi connectivity index (χ4v) is 1.44. The zero-order valence-electron chi connectivity index (χ0n) is 7.06. The molecule has 0 bridgehead atoms. The van der Waals surface area contributed by atoms with Crippen molar-refractivity contribution in [2.45, 2.75) is 6.42 Å². The number of benzene rings is 1. The second kappa shape index (κ2) is 3.30. The molecule has 1 aliphatic rings. The summed E-state index contributed by atoms with van der Waals surface area (Å²) >= 11 is 0. The highest BCUT2D eigenvalue weighted by Gasteiger charge is 2.15. The monoisotopic (exact) mass is 184 g/mol. The van der Waals surface area contributed by atoms with E-state index in [0.717, 1.165) is 25.6 Å². The minimum absolute atomic E-state index is 0.416. The summed E-state index contributed by atoms with van der Waals surface area (Å²) < 4.78 is 25.7. The molecule has 0 radical (unpaired) electrons. The fourth-order valence-electron chi connectivity index (χ4n) is 1.44. The molecule has 1 aromatic rings. The summed E-state index contributed by atoms with van der Waals surface area (Å²) in [6, 6.07) is 3.61. The van der Waals surface area contributed by atoms with Gasteiger partial charge >= 0.3 is 0 Å². The van der Waals surface area contributed by atoms with Gasteiger partial charge in [0.15, 0.2) is 5.82 Å². The molecule has 0 aromatic heterocycles. The van der Waals surface area contributed by atoms with Crippen LogP contribution in [0.1, 0.15) is 6.42 Å². The van der Waals surface area contributed by atoms with Gasteiger partial charge in [0.25, 0.3) is 0 Å². The van der Waals surface area contributed by atoms with E-state index in [-0.39, 0.29) is 0 Å². The molecule has 0 aliphatic carbocycles. The molecule has 13 heavy (non-hydrogen) atoms. The third kappa shape index (κ3) is 1.62. The van der Waals surface area contributed by atoms with Crippen LogP contribution in [-0.4, -0.2) is 13.1 Å². The molecule has 1 saturated heterocycles. The van der Waals surface area contributed by atoms with Crippen molar-refractivity contribution in [1.82, 2.24) is 5.43 Å². The van der Waals surface area contributed by atoms with Crippen molar-refractivity contribution < 1.29 is 8.78 Å². The first-order valence-corrected chi connectivity index (χ1v) is 4.23. The standard InChI is InChI=1S/C9H10F2N2/c10-7-2-3-9(8(11)6-7)13-5-1-4-12-13/h2-3,6,12H,1,4-5H2. The van der Waals surface area contributed by atoms with E-state index in [4.69, 9.17) is 0 Å². The van der Waals surface area contributed by atoms with Crippen molar-refractivity contribution in [3.8, 4) is 0 Å². The zero-order valence-corrected chi connectivity index (χ0v) is 7.06. The van der Waals surface area contributed by atoms with E-state index in [9.17, 15) is 8.78 Å². The van der Waals surface area contributed by atoms with E-state index in [1.165, 1.54) is 12.1 Å². The molecule has 0 atom stereocenters. The lowest BCUT2D eigenvalue weighted by Gasteiger charge is -2.18. The number of anilines is 1. The SMILES string of the molecule is Fc1ccc(N2CCCN2)c(F)c1. The molecule has 2 nitrogen and oxygen atoms in total. The highest BCUT2D eigenvalue weighted by Crippen LogP contribution is 2.20. The predicted molar refractivity (Wildman–Crippen MR) is 46.3 cm³/mol. The minimum atomic E-state index is -0.541. The van der Waals surface area contributed by atoms with Gasteiger partial charge in [-0.05, 0) is 18.6 Å². The highest BCUT2D eigenvalue weighted by atomic mass is 19.1. The van der Waals surface area contributed by atoms with Crippen LogP contribution in [0.5, 0.6) is 0 Å². The number of hydrogen-bond acceptors (Lipinski definition) is 2. The second-order valence-electron chi connectivity index (χ2n) is 3.01. The normalized spacial score (nSPS) is 16.6. The van der Waals surface area contributed by atoms with E-state index in [1.807, 2.05) is 0 Å². The van der Waals surface area contributed by atoms with Crippen LogP contribution in [0, 0.1) is 11.6 Å². The second-order valence-corrected chi connectivity index (χ2v) is 3.01. The van der Waals surface area contributed by atoms with E-state index in [0.29, 0.717) is 5.69 Å². The lowest BCUT2D eigenvalue weighted by atomic mass is 10.3. The summed E-state index contributed by atoms with van der Waals surface area (Å²) in [5, 5.41) is 1.70. The average molecular weight is 184 g/mol. The third-order valence-corrected chi connectivity index (χ3v) is 2.06. The molecule has 4 heteroatoms. The molecule has 0 saturated carbocycles. The highest BCUT2D eigenvalue weighted by molar-refractivity contribution is 5.47. The maximum atomic E-state index is 13.2. The first-order chi connectivity index (χ1) is 6.27. The molecular formula is C9H10F2N2. The smallest absolute Gasteiger partial charge is 0.150 e. The van der Waals surface area contributed by atoms with Crippen LogP contribution in [0.25, 0.3) is 0 Å². The molecule has 0 amide bonds.